The zero-order valence-electron chi connectivity index (χ0n) is 16.0. The van der Waals surface area contributed by atoms with Gasteiger partial charge in [-0.05, 0) is 31.0 Å². The number of hydrogen-bond acceptors (Lipinski definition) is 5. The van der Waals surface area contributed by atoms with Crippen LogP contribution in [0.4, 0.5) is 5.69 Å². The SMILES string of the molecule is O=C(O)c1cc(N2CCS(=O)CC2)c2c(C3CCC3)nn(-c3ccccc3)c2n1. The molecule has 0 amide bonds. The van der Waals surface area contributed by atoms with E-state index in [0.29, 0.717) is 36.2 Å². The molecule has 5 rings (SSSR count). The van der Waals surface area contributed by atoms with Gasteiger partial charge in [-0.1, -0.05) is 24.6 Å². The summed E-state index contributed by atoms with van der Waals surface area (Å²) in [6.45, 7) is 1.29. The molecule has 0 bridgehead atoms. The molecule has 29 heavy (non-hydrogen) atoms. The highest BCUT2D eigenvalue weighted by Crippen LogP contribution is 2.42. The van der Waals surface area contributed by atoms with Crippen LogP contribution in [0.25, 0.3) is 16.7 Å². The van der Waals surface area contributed by atoms with Crippen molar-refractivity contribution in [3.8, 4) is 5.69 Å². The van der Waals surface area contributed by atoms with Gasteiger partial charge < -0.3 is 10.0 Å². The van der Waals surface area contributed by atoms with E-state index < -0.39 is 16.8 Å². The van der Waals surface area contributed by atoms with Crippen molar-refractivity contribution in [2.45, 2.75) is 25.2 Å². The number of anilines is 1. The maximum atomic E-state index is 11.9. The van der Waals surface area contributed by atoms with E-state index in [1.165, 1.54) is 6.42 Å². The average Bonchev–Trinajstić information content (AvgIpc) is 3.06. The largest absolute Gasteiger partial charge is 0.477 e. The predicted octanol–water partition coefficient (Wildman–Crippen LogP) is 2.95. The second-order valence-electron chi connectivity index (χ2n) is 7.63. The van der Waals surface area contributed by atoms with Crippen LogP contribution in [0.2, 0.25) is 0 Å². The number of carbonyl (C=O) groups is 1. The van der Waals surface area contributed by atoms with Gasteiger partial charge in [-0.15, -0.1) is 0 Å². The Labute approximate surface area is 170 Å². The molecule has 0 atom stereocenters. The van der Waals surface area contributed by atoms with Crippen LogP contribution in [-0.2, 0) is 10.8 Å². The van der Waals surface area contributed by atoms with Gasteiger partial charge >= 0.3 is 5.97 Å². The summed E-state index contributed by atoms with van der Waals surface area (Å²) < 4.78 is 13.6. The van der Waals surface area contributed by atoms with E-state index in [1.54, 1.807) is 10.7 Å². The van der Waals surface area contributed by atoms with Gasteiger partial charge in [0, 0.05) is 41.3 Å². The van der Waals surface area contributed by atoms with E-state index in [0.717, 1.165) is 35.3 Å². The molecule has 2 fully saturated rings. The lowest BCUT2D eigenvalue weighted by Gasteiger charge is -2.30. The highest BCUT2D eigenvalue weighted by molar-refractivity contribution is 7.85. The third-order valence-corrected chi connectivity index (χ3v) is 7.15. The average molecular weight is 410 g/mol. The molecule has 1 saturated heterocycles. The molecule has 1 saturated carbocycles. The minimum Gasteiger partial charge on any atom is -0.477 e. The van der Waals surface area contributed by atoms with Crippen LogP contribution in [0.15, 0.2) is 36.4 Å². The summed E-state index contributed by atoms with van der Waals surface area (Å²) in [5.74, 6) is 0.507. The third kappa shape index (κ3) is 3.21. The van der Waals surface area contributed by atoms with E-state index in [2.05, 4.69) is 9.88 Å². The number of fused-ring (bicyclic) bond motifs is 1. The molecule has 3 aromatic rings. The van der Waals surface area contributed by atoms with Gasteiger partial charge in [0.05, 0.1) is 22.5 Å². The standard InChI is InChI=1S/C21H22N4O3S/c26-21(27)16-13-17(24-9-11-29(28)12-10-24)18-19(14-5-4-6-14)23-25(20(18)22-16)15-7-2-1-3-8-15/h1-3,7-8,13-14H,4-6,9-12H2,(H,26,27). The Morgan fingerprint density at radius 2 is 1.86 bits per heavy atom. The summed E-state index contributed by atoms with van der Waals surface area (Å²) in [6.07, 6.45) is 3.36. The molecule has 150 valence electrons. The first-order chi connectivity index (χ1) is 14.1. The number of carboxylic acid groups (broad SMARTS) is 1. The van der Waals surface area contributed by atoms with E-state index >= 15 is 0 Å². The number of benzene rings is 1. The Hall–Kier alpha value is -2.74. The number of nitrogens with zero attached hydrogens (tertiary/aromatic N) is 4. The van der Waals surface area contributed by atoms with Crippen molar-refractivity contribution in [1.82, 2.24) is 14.8 Å². The fourth-order valence-electron chi connectivity index (χ4n) is 4.08. The van der Waals surface area contributed by atoms with Crippen LogP contribution in [-0.4, -0.2) is 54.6 Å². The molecule has 0 spiro atoms. The predicted molar refractivity (Wildman–Crippen MR) is 113 cm³/mol. The van der Waals surface area contributed by atoms with Gasteiger partial charge in [0.25, 0.3) is 0 Å². The Balaban J connectivity index is 1.77. The van der Waals surface area contributed by atoms with E-state index in [4.69, 9.17) is 5.10 Å². The third-order valence-electron chi connectivity index (χ3n) is 5.87. The highest BCUT2D eigenvalue weighted by atomic mass is 32.2. The quantitative estimate of drug-likeness (QED) is 0.711. The molecule has 7 nitrogen and oxygen atoms in total. The normalized spacial score (nSPS) is 18.1. The molecule has 8 heteroatoms. The van der Waals surface area contributed by atoms with Gasteiger partial charge in [-0.3, -0.25) is 4.21 Å². The number of pyridine rings is 1. The maximum Gasteiger partial charge on any atom is 0.354 e. The lowest BCUT2D eigenvalue weighted by atomic mass is 9.82. The van der Waals surface area contributed by atoms with Crippen molar-refractivity contribution in [3.05, 3.63) is 47.8 Å². The second kappa shape index (κ2) is 7.26. The molecule has 0 radical (unpaired) electrons. The number of hydrogen-bond donors (Lipinski definition) is 1. The molecule has 3 heterocycles. The van der Waals surface area contributed by atoms with Crippen LogP contribution in [0, 0.1) is 0 Å². The number of carboxylic acids is 1. The number of rotatable bonds is 4. The summed E-state index contributed by atoms with van der Waals surface area (Å²) in [4.78, 5) is 18.5. The minimum atomic E-state index is -1.06. The van der Waals surface area contributed by atoms with Crippen LogP contribution in [0.3, 0.4) is 0 Å². The molecule has 2 aliphatic rings. The molecule has 1 aliphatic carbocycles. The molecule has 1 aliphatic heterocycles. The van der Waals surface area contributed by atoms with E-state index in [1.807, 2.05) is 30.3 Å². The highest BCUT2D eigenvalue weighted by Gasteiger charge is 2.31. The van der Waals surface area contributed by atoms with Gasteiger partial charge in [0.1, 0.15) is 0 Å². The van der Waals surface area contributed by atoms with Crippen molar-refractivity contribution in [3.63, 3.8) is 0 Å². The Bertz CT molecular complexity index is 1100. The van der Waals surface area contributed by atoms with Crippen molar-refractivity contribution >= 4 is 33.5 Å². The summed E-state index contributed by atoms with van der Waals surface area (Å²) >= 11 is 0. The van der Waals surface area contributed by atoms with E-state index in [-0.39, 0.29) is 5.69 Å². The first kappa shape index (κ1) is 18.3. The molecule has 0 unspecified atom stereocenters. The molecule has 1 N–H and O–H groups in total. The summed E-state index contributed by atoms with van der Waals surface area (Å²) in [5, 5.41) is 15.6. The minimum absolute atomic E-state index is 0.0106. The smallest absolute Gasteiger partial charge is 0.354 e. The van der Waals surface area contributed by atoms with Crippen LogP contribution in [0.1, 0.15) is 41.4 Å². The van der Waals surface area contributed by atoms with Gasteiger partial charge in [0.2, 0.25) is 0 Å². The van der Waals surface area contributed by atoms with Crippen molar-refractivity contribution in [1.29, 1.82) is 0 Å². The van der Waals surface area contributed by atoms with Crippen molar-refractivity contribution < 1.29 is 14.1 Å². The summed E-state index contributed by atoms with van der Waals surface area (Å²) in [5.41, 5.74) is 3.31. The lowest BCUT2D eigenvalue weighted by Crippen LogP contribution is -2.38. The Morgan fingerprint density at radius 1 is 1.14 bits per heavy atom. The molecular formula is C21H22N4O3S. The molecule has 2 aromatic heterocycles. The summed E-state index contributed by atoms with van der Waals surface area (Å²) in [7, 11) is -0.806. The molecular weight excluding hydrogens is 388 g/mol. The van der Waals surface area contributed by atoms with Crippen molar-refractivity contribution in [2.75, 3.05) is 29.5 Å². The zero-order valence-corrected chi connectivity index (χ0v) is 16.8. The monoisotopic (exact) mass is 410 g/mol. The topological polar surface area (TPSA) is 88.3 Å². The molecule has 1 aromatic carbocycles. The zero-order chi connectivity index (χ0) is 20.0. The van der Waals surface area contributed by atoms with E-state index in [9.17, 15) is 14.1 Å². The summed E-state index contributed by atoms with van der Waals surface area (Å²) in [6, 6.07) is 11.4. The maximum absolute atomic E-state index is 11.9. The number of aromatic carboxylic acids is 1. The van der Waals surface area contributed by atoms with Crippen LogP contribution >= 0.6 is 0 Å². The van der Waals surface area contributed by atoms with Crippen molar-refractivity contribution in [2.24, 2.45) is 0 Å². The first-order valence-electron chi connectivity index (χ1n) is 9.94. The second-order valence-corrected chi connectivity index (χ2v) is 9.32. The van der Waals surface area contributed by atoms with Crippen LogP contribution in [0.5, 0.6) is 0 Å². The Morgan fingerprint density at radius 3 is 2.48 bits per heavy atom. The fourth-order valence-corrected chi connectivity index (χ4v) is 5.13. The number of aromatic nitrogens is 3. The number of para-hydroxylation sites is 1. The Kier molecular flexibility index (Phi) is 4.58. The van der Waals surface area contributed by atoms with Gasteiger partial charge in [-0.2, -0.15) is 5.10 Å². The van der Waals surface area contributed by atoms with Gasteiger partial charge in [0.15, 0.2) is 11.3 Å². The lowest BCUT2D eigenvalue weighted by molar-refractivity contribution is 0.0691. The fraction of sp³-hybridized carbons (Fsp3) is 0.381. The van der Waals surface area contributed by atoms with Gasteiger partial charge in [-0.25, -0.2) is 14.5 Å². The van der Waals surface area contributed by atoms with Crippen LogP contribution < -0.4 is 4.90 Å². The first-order valence-corrected chi connectivity index (χ1v) is 11.4.